The van der Waals surface area contributed by atoms with E-state index in [9.17, 15) is 9.90 Å². The zero-order chi connectivity index (χ0) is 19.5. The highest BCUT2D eigenvalue weighted by Crippen LogP contribution is 2.39. The van der Waals surface area contributed by atoms with Crippen molar-refractivity contribution in [2.75, 3.05) is 13.2 Å². The molecule has 0 heterocycles. The number of hydrogen-bond donors (Lipinski definition) is 1. The molecule has 27 heavy (non-hydrogen) atoms. The van der Waals surface area contributed by atoms with Crippen LogP contribution in [0.5, 0.6) is 0 Å². The van der Waals surface area contributed by atoms with E-state index in [0.29, 0.717) is 13.2 Å². The summed E-state index contributed by atoms with van der Waals surface area (Å²) in [6, 6.07) is 9.87. The summed E-state index contributed by atoms with van der Waals surface area (Å²) in [5.41, 5.74) is 0.543. The van der Waals surface area contributed by atoms with Crippen molar-refractivity contribution in [3.05, 3.63) is 59.9 Å². The first-order chi connectivity index (χ1) is 13.1. The van der Waals surface area contributed by atoms with Gasteiger partial charge in [-0.1, -0.05) is 62.2 Å². The molecule has 0 aliphatic heterocycles. The minimum Gasteiger partial charge on any atom is -0.498 e. The minimum absolute atomic E-state index is 0.0827. The van der Waals surface area contributed by atoms with E-state index in [1.165, 1.54) is 0 Å². The van der Waals surface area contributed by atoms with Crippen molar-refractivity contribution < 1.29 is 19.4 Å². The van der Waals surface area contributed by atoms with Crippen molar-refractivity contribution in [1.29, 1.82) is 0 Å². The van der Waals surface area contributed by atoms with Gasteiger partial charge in [-0.25, -0.2) is 0 Å². The maximum absolute atomic E-state index is 12.8. The molecule has 1 N–H and O–H groups in total. The van der Waals surface area contributed by atoms with Crippen LogP contribution in [0.25, 0.3) is 0 Å². The van der Waals surface area contributed by atoms with Crippen molar-refractivity contribution in [3.63, 3.8) is 0 Å². The normalized spacial score (nSPS) is 21.3. The van der Waals surface area contributed by atoms with Crippen molar-refractivity contribution >= 4 is 5.78 Å². The number of rotatable bonds is 11. The van der Waals surface area contributed by atoms with Crippen LogP contribution < -0.4 is 0 Å². The number of allylic oxidation sites excluding steroid dienone is 3. The quantitative estimate of drug-likeness (QED) is 0.578. The summed E-state index contributed by atoms with van der Waals surface area (Å²) < 4.78 is 11.1. The number of aliphatic hydroxyl groups excluding tert-OH is 1. The van der Waals surface area contributed by atoms with E-state index in [-0.39, 0.29) is 12.4 Å². The molecule has 4 heteroatoms. The summed E-state index contributed by atoms with van der Waals surface area (Å²) >= 11 is 0. The van der Waals surface area contributed by atoms with Gasteiger partial charge in [-0.05, 0) is 25.3 Å². The van der Waals surface area contributed by atoms with Gasteiger partial charge in [-0.3, -0.25) is 4.79 Å². The van der Waals surface area contributed by atoms with Crippen LogP contribution in [0.15, 0.2) is 54.3 Å². The molecule has 1 aliphatic carbocycles. The van der Waals surface area contributed by atoms with Gasteiger partial charge in [0, 0.05) is 12.5 Å². The van der Waals surface area contributed by atoms with Crippen LogP contribution in [-0.4, -0.2) is 30.2 Å². The Balaban J connectivity index is 1.95. The predicted octanol–water partition coefficient (Wildman–Crippen LogP) is 4.58. The van der Waals surface area contributed by atoms with E-state index in [2.05, 4.69) is 6.92 Å². The Morgan fingerprint density at radius 2 is 2.04 bits per heavy atom. The van der Waals surface area contributed by atoms with Crippen LogP contribution in [-0.2, 0) is 20.9 Å². The molecule has 0 fully saturated rings. The van der Waals surface area contributed by atoms with Crippen LogP contribution in [0.3, 0.4) is 0 Å². The van der Waals surface area contributed by atoms with E-state index in [4.69, 9.17) is 9.47 Å². The van der Waals surface area contributed by atoms with Crippen LogP contribution in [0.1, 0.15) is 51.5 Å². The lowest BCUT2D eigenvalue weighted by Gasteiger charge is -2.32. The topological polar surface area (TPSA) is 55.8 Å². The Bertz CT molecular complexity index is 635. The van der Waals surface area contributed by atoms with Gasteiger partial charge in [0.1, 0.15) is 0 Å². The van der Waals surface area contributed by atoms with Crippen LogP contribution in [0, 0.1) is 5.41 Å². The van der Waals surface area contributed by atoms with Crippen LogP contribution in [0.4, 0.5) is 0 Å². The molecule has 0 bridgehead atoms. The molecule has 1 aromatic carbocycles. The maximum atomic E-state index is 12.8. The van der Waals surface area contributed by atoms with Gasteiger partial charge in [-0.15, -0.1) is 0 Å². The monoisotopic (exact) mass is 372 g/mol. The summed E-state index contributed by atoms with van der Waals surface area (Å²) in [5.74, 6) is 0.856. The second-order valence-electron chi connectivity index (χ2n) is 7.09. The third kappa shape index (κ3) is 6.64. The number of carbonyl (C=O) groups is 1. The molecule has 148 valence electrons. The number of benzene rings is 1. The molecular weight excluding hydrogens is 340 g/mol. The Morgan fingerprint density at radius 3 is 2.70 bits per heavy atom. The SMILES string of the molecule is CCCC[C@]1(/C=C/[C@@H](O)COCc2ccccc2)CCC(OCC)=CC1=O. The van der Waals surface area contributed by atoms with Gasteiger partial charge >= 0.3 is 0 Å². The number of ether oxygens (including phenoxy) is 2. The zero-order valence-electron chi connectivity index (χ0n) is 16.5. The highest BCUT2D eigenvalue weighted by atomic mass is 16.5. The first kappa shape index (κ1) is 21.4. The van der Waals surface area contributed by atoms with E-state index < -0.39 is 11.5 Å². The Hall–Kier alpha value is -1.91. The van der Waals surface area contributed by atoms with Crippen molar-refractivity contribution in [2.45, 2.75) is 58.7 Å². The number of hydrogen-bond acceptors (Lipinski definition) is 4. The minimum atomic E-state index is -0.725. The molecule has 1 aromatic rings. The molecule has 0 amide bonds. The third-order valence-corrected chi connectivity index (χ3v) is 4.94. The van der Waals surface area contributed by atoms with Gasteiger partial charge < -0.3 is 14.6 Å². The number of aliphatic hydroxyl groups is 1. The molecule has 1 aliphatic rings. The second-order valence-corrected chi connectivity index (χ2v) is 7.09. The third-order valence-electron chi connectivity index (χ3n) is 4.94. The molecule has 0 radical (unpaired) electrons. The summed E-state index contributed by atoms with van der Waals surface area (Å²) in [5, 5.41) is 10.3. The van der Waals surface area contributed by atoms with E-state index >= 15 is 0 Å². The van der Waals surface area contributed by atoms with Crippen molar-refractivity contribution in [3.8, 4) is 0 Å². The maximum Gasteiger partial charge on any atom is 0.168 e. The molecule has 0 saturated carbocycles. The average Bonchev–Trinajstić information content (AvgIpc) is 2.68. The fraction of sp³-hybridized carbons (Fsp3) is 0.522. The molecule has 0 spiro atoms. The fourth-order valence-electron chi connectivity index (χ4n) is 3.34. The first-order valence-electron chi connectivity index (χ1n) is 9.96. The molecule has 0 unspecified atom stereocenters. The summed E-state index contributed by atoms with van der Waals surface area (Å²) in [6.45, 7) is 5.30. The van der Waals surface area contributed by atoms with Gasteiger partial charge in [0.15, 0.2) is 5.78 Å². The molecule has 4 nitrogen and oxygen atoms in total. The fourth-order valence-corrected chi connectivity index (χ4v) is 3.34. The van der Waals surface area contributed by atoms with Gasteiger partial charge in [0.25, 0.3) is 0 Å². The van der Waals surface area contributed by atoms with E-state index in [1.54, 1.807) is 12.2 Å². The van der Waals surface area contributed by atoms with Gasteiger partial charge in [-0.2, -0.15) is 0 Å². The molecule has 2 atom stereocenters. The standard InChI is InChI=1S/C23H32O4/c1-3-5-13-23(15-12-21(27-4-2)16-22(23)25)14-11-20(24)18-26-17-19-9-7-6-8-10-19/h6-11,14,16,20,24H,3-5,12-13,15,17-18H2,1-2H3/b14-11+/t20-,23+/m1/s1. The number of carbonyl (C=O) groups excluding carboxylic acids is 1. The highest BCUT2D eigenvalue weighted by molar-refractivity contribution is 5.97. The van der Waals surface area contributed by atoms with Crippen LogP contribution in [0.2, 0.25) is 0 Å². The lowest BCUT2D eigenvalue weighted by atomic mass is 9.71. The van der Waals surface area contributed by atoms with Crippen LogP contribution >= 0.6 is 0 Å². The van der Waals surface area contributed by atoms with Crippen molar-refractivity contribution in [1.82, 2.24) is 0 Å². The Labute approximate surface area is 162 Å². The van der Waals surface area contributed by atoms with E-state index in [1.807, 2.05) is 43.3 Å². The average molecular weight is 373 g/mol. The number of ketones is 1. The first-order valence-corrected chi connectivity index (χ1v) is 9.96. The predicted molar refractivity (Wildman–Crippen MR) is 107 cm³/mol. The lowest BCUT2D eigenvalue weighted by molar-refractivity contribution is -0.123. The lowest BCUT2D eigenvalue weighted by Crippen LogP contribution is -2.32. The molecular formula is C23H32O4. The Kier molecular flexibility index (Phi) is 8.76. The highest BCUT2D eigenvalue weighted by Gasteiger charge is 2.37. The van der Waals surface area contributed by atoms with Crippen molar-refractivity contribution in [2.24, 2.45) is 5.41 Å². The van der Waals surface area contributed by atoms with E-state index in [0.717, 1.165) is 43.4 Å². The smallest absolute Gasteiger partial charge is 0.168 e. The van der Waals surface area contributed by atoms with Gasteiger partial charge in [0.05, 0.1) is 37.1 Å². The van der Waals surface area contributed by atoms with Gasteiger partial charge in [0.2, 0.25) is 0 Å². The number of unbranched alkanes of at least 4 members (excludes halogenated alkanes) is 1. The molecule has 0 aromatic heterocycles. The Morgan fingerprint density at radius 1 is 1.26 bits per heavy atom. The molecule has 2 rings (SSSR count). The summed E-state index contributed by atoms with van der Waals surface area (Å²) in [6.07, 6.45) is 8.84. The largest absolute Gasteiger partial charge is 0.498 e. The second kappa shape index (κ2) is 11.1. The summed E-state index contributed by atoms with van der Waals surface area (Å²) in [4.78, 5) is 12.8. The molecule has 0 saturated heterocycles. The zero-order valence-corrected chi connectivity index (χ0v) is 16.5. The summed E-state index contributed by atoms with van der Waals surface area (Å²) in [7, 11) is 0.